The number of nitrogens with one attached hydrogen (secondary N) is 1. The number of aromatic nitrogens is 5. The normalized spacial score (nSPS) is 10.7. The molecule has 0 aliphatic heterocycles. The van der Waals surface area contributed by atoms with Crippen LogP contribution in [0.4, 0.5) is 16.0 Å². The van der Waals surface area contributed by atoms with E-state index < -0.39 is 11.8 Å². The zero-order valence-electron chi connectivity index (χ0n) is 15.5. The molecule has 4 aromatic heterocycles. The first-order chi connectivity index (χ1) is 14.1. The Labute approximate surface area is 164 Å². The molecule has 0 saturated heterocycles. The van der Waals surface area contributed by atoms with Crippen molar-refractivity contribution in [3.8, 4) is 17.1 Å². The molecular formula is C19H15FN6O3. The number of halogens is 1. The molecule has 0 atom stereocenters. The third-order valence-corrected chi connectivity index (χ3v) is 4.02. The van der Waals surface area contributed by atoms with E-state index in [0.717, 1.165) is 0 Å². The predicted molar refractivity (Wildman–Crippen MR) is 102 cm³/mol. The smallest absolute Gasteiger partial charge is 0.356 e. The number of methoxy groups -OCH3 is 2. The average Bonchev–Trinajstić information content (AvgIpc) is 3.14. The number of fused-ring (bicyclic) bond motifs is 1. The van der Waals surface area contributed by atoms with Gasteiger partial charge in [-0.25, -0.2) is 28.7 Å². The molecule has 1 N–H and O–H groups in total. The minimum absolute atomic E-state index is 0.0765. The topological polar surface area (TPSA) is 104 Å². The number of hydrogen-bond acceptors (Lipinski definition) is 8. The van der Waals surface area contributed by atoms with Crippen LogP contribution < -0.4 is 10.1 Å². The van der Waals surface area contributed by atoms with Crippen molar-refractivity contribution in [1.82, 2.24) is 24.6 Å². The maximum Gasteiger partial charge on any atom is 0.356 e. The zero-order valence-corrected chi connectivity index (χ0v) is 15.5. The number of anilines is 2. The van der Waals surface area contributed by atoms with Gasteiger partial charge >= 0.3 is 5.97 Å². The van der Waals surface area contributed by atoms with E-state index in [0.29, 0.717) is 28.5 Å². The predicted octanol–water partition coefficient (Wildman–Crippen LogP) is 2.86. The molecule has 4 heterocycles. The van der Waals surface area contributed by atoms with Crippen molar-refractivity contribution in [3.05, 3.63) is 60.3 Å². The van der Waals surface area contributed by atoms with Crippen LogP contribution in [0.5, 0.6) is 5.88 Å². The summed E-state index contributed by atoms with van der Waals surface area (Å²) in [5.74, 6) is -0.275. The highest BCUT2D eigenvalue weighted by molar-refractivity contribution is 5.87. The second kappa shape index (κ2) is 7.50. The van der Waals surface area contributed by atoms with Crippen LogP contribution in [0, 0.1) is 5.82 Å². The average molecular weight is 394 g/mol. The number of carbonyl (C=O) groups excluding carboxylic acids is 1. The van der Waals surface area contributed by atoms with E-state index in [1.807, 2.05) is 0 Å². The van der Waals surface area contributed by atoms with E-state index in [2.05, 4.69) is 30.1 Å². The fourth-order valence-corrected chi connectivity index (χ4v) is 2.67. The molecule has 0 fully saturated rings. The van der Waals surface area contributed by atoms with Gasteiger partial charge in [-0.05, 0) is 24.3 Å². The number of carbonyl (C=O) groups is 1. The summed E-state index contributed by atoms with van der Waals surface area (Å²) < 4.78 is 25.0. The highest BCUT2D eigenvalue weighted by Gasteiger charge is 2.11. The first-order valence-corrected chi connectivity index (χ1v) is 8.46. The Morgan fingerprint density at radius 2 is 2.00 bits per heavy atom. The van der Waals surface area contributed by atoms with Crippen LogP contribution in [0.1, 0.15) is 10.5 Å². The molecule has 0 radical (unpaired) electrons. The van der Waals surface area contributed by atoms with Gasteiger partial charge in [0.05, 0.1) is 19.9 Å². The lowest BCUT2D eigenvalue weighted by molar-refractivity contribution is 0.0594. The van der Waals surface area contributed by atoms with E-state index in [1.54, 1.807) is 41.0 Å². The van der Waals surface area contributed by atoms with Gasteiger partial charge in [-0.2, -0.15) is 0 Å². The molecule has 0 unspecified atom stereocenters. The quantitative estimate of drug-likeness (QED) is 0.516. The largest absolute Gasteiger partial charge is 0.479 e. The lowest BCUT2D eigenvalue weighted by Crippen LogP contribution is -2.05. The molecular weight excluding hydrogens is 379 g/mol. The Morgan fingerprint density at radius 1 is 1.14 bits per heavy atom. The Balaban J connectivity index is 1.62. The SMILES string of the molecule is COC(=O)c1cccc(Nc2cc3nc(-c4cnc(OC)c(F)c4)ccn3n2)n1. The van der Waals surface area contributed by atoms with Crippen LogP contribution in [0.2, 0.25) is 0 Å². The van der Waals surface area contributed by atoms with Crippen molar-refractivity contribution >= 4 is 23.3 Å². The monoisotopic (exact) mass is 394 g/mol. The van der Waals surface area contributed by atoms with E-state index in [4.69, 9.17) is 4.74 Å². The van der Waals surface area contributed by atoms with Crippen LogP contribution in [0.3, 0.4) is 0 Å². The third kappa shape index (κ3) is 3.68. The third-order valence-electron chi connectivity index (χ3n) is 4.02. The van der Waals surface area contributed by atoms with Gasteiger partial charge < -0.3 is 14.8 Å². The van der Waals surface area contributed by atoms with Gasteiger partial charge in [0.15, 0.2) is 23.0 Å². The summed E-state index contributed by atoms with van der Waals surface area (Å²) in [5, 5.41) is 7.38. The number of ether oxygens (including phenoxy) is 2. The molecule has 9 nitrogen and oxygen atoms in total. The van der Waals surface area contributed by atoms with Crippen LogP contribution in [-0.2, 0) is 4.74 Å². The first kappa shape index (κ1) is 18.3. The van der Waals surface area contributed by atoms with Crippen LogP contribution >= 0.6 is 0 Å². The minimum Gasteiger partial charge on any atom is -0.479 e. The molecule has 4 aromatic rings. The molecule has 4 rings (SSSR count). The summed E-state index contributed by atoms with van der Waals surface area (Å²) in [7, 11) is 2.64. The molecule has 0 aliphatic rings. The molecule has 0 aliphatic carbocycles. The molecule has 10 heteroatoms. The number of esters is 1. The molecule has 0 aromatic carbocycles. The second-order valence-corrected chi connectivity index (χ2v) is 5.88. The van der Waals surface area contributed by atoms with Crippen molar-refractivity contribution in [1.29, 1.82) is 0 Å². The van der Waals surface area contributed by atoms with Gasteiger partial charge in [0.25, 0.3) is 0 Å². The molecule has 29 heavy (non-hydrogen) atoms. The summed E-state index contributed by atoms with van der Waals surface area (Å²) in [6, 6.07) is 9.63. The maximum atomic E-state index is 13.9. The van der Waals surface area contributed by atoms with E-state index in [-0.39, 0.29) is 11.6 Å². The second-order valence-electron chi connectivity index (χ2n) is 5.88. The highest BCUT2D eigenvalue weighted by Crippen LogP contribution is 2.23. The van der Waals surface area contributed by atoms with Gasteiger partial charge in [-0.1, -0.05) is 6.07 Å². The van der Waals surface area contributed by atoms with Gasteiger partial charge in [0, 0.05) is 24.0 Å². The number of hydrogen-bond donors (Lipinski definition) is 1. The standard InChI is InChI=1S/C19H15FN6O3/c1-28-18-12(20)8-11(10-21-18)13-6-7-26-17(23-13)9-16(25-26)24-15-5-3-4-14(22-15)19(27)29-2/h3-10H,1-2H3,(H,22,24,25). The molecule has 0 amide bonds. The molecule has 0 spiro atoms. The van der Waals surface area contributed by atoms with E-state index in [9.17, 15) is 9.18 Å². The fraction of sp³-hybridized carbons (Fsp3) is 0.105. The minimum atomic E-state index is -0.570. The number of pyridine rings is 2. The fourth-order valence-electron chi connectivity index (χ4n) is 2.67. The summed E-state index contributed by atoms with van der Waals surface area (Å²) in [5.41, 5.74) is 1.75. The van der Waals surface area contributed by atoms with E-state index in [1.165, 1.54) is 26.5 Å². The lowest BCUT2D eigenvalue weighted by Gasteiger charge is -2.04. The number of nitrogens with zero attached hydrogens (tertiary/aromatic N) is 5. The Hall–Kier alpha value is -4.08. The van der Waals surface area contributed by atoms with Gasteiger partial charge in [0.1, 0.15) is 5.82 Å². The van der Waals surface area contributed by atoms with Gasteiger partial charge in [0.2, 0.25) is 5.88 Å². The first-order valence-electron chi connectivity index (χ1n) is 8.46. The Morgan fingerprint density at radius 3 is 2.76 bits per heavy atom. The Kier molecular flexibility index (Phi) is 4.73. The van der Waals surface area contributed by atoms with Crippen molar-refractivity contribution in [2.45, 2.75) is 0 Å². The summed E-state index contributed by atoms with van der Waals surface area (Å²) in [4.78, 5) is 24.2. The van der Waals surface area contributed by atoms with Crippen molar-refractivity contribution in [2.75, 3.05) is 19.5 Å². The van der Waals surface area contributed by atoms with Crippen LogP contribution in [0.15, 0.2) is 48.8 Å². The lowest BCUT2D eigenvalue weighted by atomic mass is 10.2. The highest BCUT2D eigenvalue weighted by atomic mass is 19.1. The van der Waals surface area contributed by atoms with Gasteiger partial charge in [-0.15, -0.1) is 5.10 Å². The maximum absolute atomic E-state index is 13.9. The Bertz CT molecular complexity index is 1210. The zero-order chi connectivity index (χ0) is 20.4. The molecule has 0 saturated carbocycles. The molecule has 146 valence electrons. The van der Waals surface area contributed by atoms with Crippen molar-refractivity contribution in [3.63, 3.8) is 0 Å². The van der Waals surface area contributed by atoms with Crippen molar-refractivity contribution in [2.24, 2.45) is 0 Å². The van der Waals surface area contributed by atoms with Crippen molar-refractivity contribution < 1.29 is 18.7 Å². The summed E-state index contributed by atoms with van der Waals surface area (Å²) >= 11 is 0. The summed E-state index contributed by atoms with van der Waals surface area (Å²) in [6.07, 6.45) is 3.18. The molecule has 0 bridgehead atoms. The number of rotatable bonds is 5. The van der Waals surface area contributed by atoms with Crippen LogP contribution in [-0.4, -0.2) is 44.8 Å². The van der Waals surface area contributed by atoms with Crippen LogP contribution in [0.25, 0.3) is 16.9 Å². The van der Waals surface area contributed by atoms with E-state index >= 15 is 0 Å². The van der Waals surface area contributed by atoms with Gasteiger partial charge in [-0.3, -0.25) is 0 Å². The summed E-state index contributed by atoms with van der Waals surface area (Å²) in [6.45, 7) is 0.